The van der Waals surface area contributed by atoms with Crippen molar-refractivity contribution in [3.8, 4) is 0 Å². The van der Waals surface area contributed by atoms with Crippen LogP contribution in [-0.4, -0.2) is 92.4 Å². The van der Waals surface area contributed by atoms with Crippen molar-refractivity contribution in [3.63, 3.8) is 0 Å². The summed E-state index contributed by atoms with van der Waals surface area (Å²) in [5.41, 5.74) is 2.68. The number of nitrogens with one attached hydrogen (secondary N) is 2. The minimum absolute atomic E-state index is 0.104. The lowest BCUT2D eigenvalue weighted by Crippen LogP contribution is -2.71. The SMILES string of the molecule is CC(C)C[C@@H]1C(=O)N2CCC[C@@H]2[C@]2(O)O[C@](NC(=O)[C@@H]3C=C4c5cccc6[nH]c(Br)c(c56)C[C@H]4N(C)C3)(C(C)C)C(=O)N12. The Balaban J connectivity index is 1.25. The Bertz CT molecular complexity index is 1570. The summed E-state index contributed by atoms with van der Waals surface area (Å²) in [4.78, 5) is 50.8. The van der Waals surface area contributed by atoms with E-state index in [-0.39, 0.29) is 23.8 Å². The molecule has 3 N–H and O–H groups in total. The van der Waals surface area contributed by atoms with Crippen LogP contribution < -0.4 is 5.32 Å². The summed E-state index contributed by atoms with van der Waals surface area (Å²) in [5, 5.41) is 16.3. The van der Waals surface area contributed by atoms with E-state index in [1.54, 1.807) is 18.7 Å². The number of aliphatic hydroxyl groups is 1. The first-order valence-electron chi connectivity index (χ1n) is 15.5. The zero-order chi connectivity index (χ0) is 30.6. The number of H-pyrrole nitrogens is 1. The molecule has 0 saturated carbocycles. The second kappa shape index (κ2) is 9.89. The first-order chi connectivity index (χ1) is 20.4. The third-order valence-corrected chi connectivity index (χ3v) is 10.9. The molecule has 230 valence electrons. The van der Waals surface area contributed by atoms with E-state index in [4.69, 9.17) is 4.74 Å². The minimum Gasteiger partial charge on any atom is -0.349 e. The Morgan fingerprint density at radius 1 is 1.26 bits per heavy atom. The first kappa shape index (κ1) is 29.0. The third-order valence-electron chi connectivity index (χ3n) is 10.3. The minimum atomic E-state index is -2.01. The zero-order valence-electron chi connectivity index (χ0n) is 25.3. The number of benzene rings is 1. The number of rotatable bonds is 5. The molecule has 7 rings (SSSR count). The van der Waals surface area contributed by atoms with E-state index in [1.807, 2.05) is 33.0 Å². The molecule has 1 aromatic carbocycles. The number of hydrogen-bond donors (Lipinski definition) is 3. The second-order valence-corrected chi connectivity index (χ2v) is 14.5. The van der Waals surface area contributed by atoms with E-state index in [1.165, 1.54) is 15.8 Å². The van der Waals surface area contributed by atoms with Crippen LogP contribution in [0.4, 0.5) is 0 Å². The summed E-state index contributed by atoms with van der Waals surface area (Å²) in [6.07, 6.45) is 4.49. The zero-order valence-corrected chi connectivity index (χ0v) is 26.9. The fourth-order valence-electron chi connectivity index (χ4n) is 8.15. The van der Waals surface area contributed by atoms with Crippen LogP contribution in [0.1, 0.15) is 58.1 Å². The monoisotopic (exact) mass is 653 g/mol. The molecule has 0 unspecified atom stereocenters. The molecule has 3 fully saturated rings. The summed E-state index contributed by atoms with van der Waals surface area (Å²) in [7, 11) is 2.03. The molecular weight excluding hydrogens is 614 g/mol. The molecule has 4 aliphatic heterocycles. The fourth-order valence-corrected chi connectivity index (χ4v) is 8.72. The number of carbonyl (C=O) groups excluding carboxylic acids is 3. The van der Waals surface area contributed by atoms with E-state index >= 15 is 0 Å². The summed E-state index contributed by atoms with van der Waals surface area (Å²) >= 11 is 3.70. The van der Waals surface area contributed by atoms with Crippen molar-refractivity contribution in [1.82, 2.24) is 25.0 Å². The summed E-state index contributed by atoms with van der Waals surface area (Å²) in [5.74, 6) is -4.01. The topological polar surface area (TPSA) is 118 Å². The van der Waals surface area contributed by atoms with Crippen LogP contribution in [0.2, 0.25) is 0 Å². The predicted octanol–water partition coefficient (Wildman–Crippen LogP) is 3.19. The summed E-state index contributed by atoms with van der Waals surface area (Å²) in [6, 6.07) is 4.76. The first-order valence-corrected chi connectivity index (χ1v) is 16.3. The number of fused-ring (bicyclic) bond motifs is 5. The second-order valence-electron chi connectivity index (χ2n) is 13.7. The molecule has 0 bridgehead atoms. The highest BCUT2D eigenvalue weighted by molar-refractivity contribution is 9.10. The number of amides is 3. The Kier molecular flexibility index (Phi) is 6.67. The van der Waals surface area contributed by atoms with Gasteiger partial charge in [0.25, 0.3) is 11.8 Å². The number of nitrogens with zero attached hydrogens (tertiary/aromatic N) is 3. The number of aromatic amines is 1. The van der Waals surface area contributed by atoms with E-state index in [0.29, 0.717) is 25.9 Å². The summed E-state index contributed by atoms with van der Waals surface area (Å²) < 4.78 is 7.43. The van der Waals surface area contributed by atoms with Gasteiger partial charge < -0.3 is 20.3 Å². The molecule has 2 aromatic rings. The Morgan fingerprint density at radius 3 is 2.74 bits per heavy atom. The van der Waals surface area contributed by atoms with E-state index < -0.39 is 41.5 Å². The average Bonchev–Trinajstić information content (AvgIpc) is 3.63. The van der Waals surface area contributed by atoms with Gasteiger partial charge in [0, 0.05) is 36.0 Å². The van der Waals surface area contributed by atoms with Crippen LogP contribution in [0.3, 0.4) is 0 Å². The quantitative estimate of drug-likeness (QED) is 0.456. The molecule has 3 saturated heterocycles. The molecule has 0 radical (unpaired) electrons. The standard InChI is InChI=1S/C32H40BrN5O5/c1-16(2)12-24-29(40)37-11-7-10-25(37)32(42)38(24)30(41)31(43-32,17(3)4)35-28(39)18-13-20-19-8-6-9-22-26(19)21(27(33)34-22)14-23(20)36(5)15-18/h6,8-9,13,16-18,23-25,34,42H,7,10-12,14-15H2,1-5H3,(H,35,39)/t18-,23-,24-,25-,31-,32+/m1/s1. The third kappa shape index (κ3) is 4.04. The van der Waals surface area contributed by atoms with Crippen LogP contribution in [0, 0.1) is 17.8 Å². The van der Waals surface area contributed by atoms with Gasteiger partial charge in [-0.15, -0.1) is 0 Å². The van der Waals surface area contributed by atoms with Crippen molar-refractivity contribution in [3.05, 3.63) is 40.0 Å². The maximum atomic E-state index is 14.4. The number of carbonyl (C=O) groups is 3. The molecule has 3 amide bonds. The fraction of sp³-hybridized carbons (Fsp3) is 0.594. The van der Waals surface area contributed by atoms with Crippen LogP contribution in [-0.2, 0) is 25.5 Å². The lowest BCUT2D eigenvalue weighted by Gasteiger charge is -2.49. The molecule has 1 aliphatic carbocycles. The van der Waals surface area contributed by atoms with Gasteiger partial charge in [-0.3, -0.25) is 28.9 Å². The van der Waals surface area contributed by atoms with Crippen molar-refractivity contribution in [2.24, 2.45) is 17.8 Å². The molecule has 5 aliphatic rings. The van der Waals surface area contributed by atoms with Crippen molar-refractivity contribution >= 4 is 50.1 Å². The van der Waals surface area contributed by atoms with Gasteiger partial charge >= 0.3 is 0 Å². The van der Waals surface area contributed by atoms with Gasteiger partial charge in [-0.2, -0.15) is 0 Å². The van der Waals surface area contributed by atoms with Crippen LogP contribution in [0.5, 0.6) is 0 Å². The van der Waals surface area contributed by atoms with E-state index in [2.05, 4.69) is 43.3 Å². The van der Waals surface area contributed by atoms with Gasteiger partial charge in [0.2, 0.25) is 17.5 Å². The maximum absolute atomic E-state index is 14.4. The van der Waals surface area contributed by atoms with E-state index in [9.17, 15) is 19.5 Å². The molecule has 0 spiro atoms. The highest BCUT2D eigenvalue weighted by atomic mass is 79.9. The Morgan fingerprint density at radius 2 is 2.02 bits per heavy atom. The van der Waals surface area contributed by atoms with Gasteiger partial charge in [0.05, 0.1) is 10.5 Å². The van der Waals surface area contributed by atoms with Crippen molar-refractivity contribution in [2.75, 3.05) is 20.1 Å². The molecule has 43 heavy (non-hydrogen) atoms. The molecule has 10 nitrogen and oxygen atoms in total. The van der Waals surface area contributed by atoms with Crippen LogP contribution in [0.25, 0.3) is 16.5 Å². The lowest BCUT2D eigenvalue weighted by molar-refractivity contribution is -0.322. The highest BCUT2D eigenvalue weighted by Crippen LogP contribution is 2.49. The van der Waals surface area contributed by atoms with Gasteiger partial charge in [0.15, 0.2) is 0 Å². The Hall–Kier alpha value is -2.73. The van der Waals surface area contributed by atoms with E-state index in [0.717, 1.165) is 34.1 Å². The average molecular weight is 655 g/mol. The largest absolute Gasteiger partial charge is 0.349 e. The number of likely N-dealkylation sites (N-methyl/N-ethyl adjacent to an activating group) is 1. The smallest absolute Gasteiger partial charge is 0.281 e. The van der Waals surface area contributed by atoms with Gasteiger partial charge in [0.1, 0.15) is 12.1 Å². The van der Waals surface area contributed by atoms with Gasteiger partial charge in [-0.05, 0) is 77.3 Å². The number of hydrogen-bond acceptors (Lipinski definition) is 6. The molecule has 1 aromatic heterocycles. The molecule has 11 heteroatoms. The predicted molar refractivity (Wildman–Crippen MR) is 164 cm³/mol. The number of aromatic nitrogens is 1. The van der Waals surface area contributed by atoms with Crippen molar-refractivity contribution in [2.45, 2.75) is 83.1 Å². The highest BCUT2D eigenvalue weighted by Gasteiger charge is 2.72. The number of piperazine rings is 1. The number of halogens is 1. The van der Waals surface area contributed by atoms with Crippen molar-refractivity contribution in [1.29, 1.82) is 0 Å². The summed E-state index contributed by atoms with van der Waals surface area (Å²) in [6.45, 7) is 8.57. The maximum Gasteiger partial charge on any atom is 0.281 e. The van der Waals surface area contributed by atoms with Crippen molar-refractivity contribution < 1.29 is 24.2 Å². The molecule has 6 atom stereocenters. The normalized spacial score (nSPS) is 33.7. The molecule has 5 heterocycles. The number of ether oxygens (including phenoxy) is 1. The van der Waals surface area contributed by atoms with Crippen LogP contribution in [0.15, 0.2) is 28.9 Å². The van der Waals surface area contributed by atoms with Gasteiger partial charge in [-0.1, -0.05) is 45.9 Å². The molecular formula is C32H40BrN5O5. The van der Waals surface area contributed by atoms with Gasteiger partial charge in [-0.25, -0.2) is 0 Å². The lowest BCUT2D eigenvalue weighted by atomic mass is 9.79. The Labute approximate surface area is 259 Å². The van der Waals surface area contributed by atoms with Crippen LogP contribution >= 0.6 is 15.9 Å².